The van der Waals surface area contributed by atoms with Crippen molar-refractivity contribution in [3.05, 3.63) is 30.2 Å². The fourth-order valence-corrected chi connectivity index (χ4v) is 4.17. The highest BCUT2D eigenvalue weighted by Gasteiger charge is 2.38. The van der Waals surface area contributed by atoms with Crippen LogP contribution in [-0.4, -0.2) is 62.2 Å². The fraction of sp³-hybridized carbons (Fsp3) is 0.579. The van der Waals surface area contributed by atoms with Crippen LogP contribution in [0.25, 0.3) is 11.3 Å². The second-order valence-electron chi connectivity index (χ2n) is 7.72. The second-order valence-corrected chi connectivity index (χ2v) is 7.72. The van der Waals surface area contributed by atoms with E-state index in [1.165, 1.54) is 25.9 Å². The monoisotopic (exact) mass is 341 g/mol. The zero-order chi connectivity index (χ0) is 17.4. The molecule has 2 aromatic heterocycles. The predicted octanol–water partition coefficient (Wildman–Crippen LogP) is 2.51. The first kappa shape index (κ1) is 16.4. The third-order valence-corrected chi connectivity index (χ3v) is 5.93. The first-order valence-corrected chi connectivity index (χ1v) is 9.27. The van der Waals surface area contributed by atoms with Crippen molar-refractivity contribution in [1.29, 1.82) is 0 Å². The van der Waals surface area contributed by atoms with Gasteiger partial charge in [-0.3, -0.25) is 14.8 Å². The van der Waals surface area contributed by atoms with Crippen molar-refractivity contribution in [2.24, 2.45) is 7.05 Å². The van der Waals surface area contributed by atoms with Crippen molar-refractivity contribution in [1.82, 2.24) is 24.6 Å². The summed E-state index contributed by atoms with van der Waals surface area (Å²) >= 11 is 0. The van der Waals surface area contributed by atoms with Gasteiger partial charge in [0, 0.05) is 43.6 Å². The number of carbonyl (C=O) groups excluding carboxylic acids is 1. The molecule has 2 aromatic rings. The summed E-state index contributed by atoms with van der Waals surface area (Å²) in [7, 11) is 1.98. The SMILES string of the molecule is Cn1ccc(-c2cc(C(=O)N3CCC(C)(N4CCCC4)CC3)[nH]n2)c1. The summed E-state index contributed by atoms with van der Waals surface area (Å²) in [6.07, 6.45) is 8.72. The highest BCUT2D eigenvalue weighted by Crippen LogP contribution is 2.32. The summed E-state index contributed by atoms with van der Waals surface area (Å²) in [5.41, 5.74) is 2.70. The lowest BCUT2D eigenvalue weighted by atomic mass is 9.88. The normalized spacial score (nSPS) is 21.0. The van der Waals surface area contributed by atoms with Crippen LogP contribution >= 0.6 is 0 Å². The summed E-state index contributed by atoms with van der Waals surface area (Å²) in [6.45, 7) is 6.44. The van der Waals surface area contributed by atoms with Gasteiger partial charge < -0.3 is 9.47 Å². The molecule has 0 spiro atoms. The molecular formula is C19H27N5O. The first-order valence-electron chi connectivity index (χ1n) is 9.27. The number of aromatic amines is 1. The van der Waals surface area contributed by atoms with Gasteiger partial charge in [0.15, 0.2) is 0 Å². The van der Waals surface area contributed by atoms with E-state index >= 15 is 0 Å². The molecule has 4 heterocycles. The molecule has 0 radical (unpaired) electrons. The van der Waals surface area contributed by atoms with Gasteiger partial charge in [0.2, 0.25) is 0 Å². The molecule has 0 aromatic carbocycles. The van der Waals surface area contributed by atoms with Crippen LogP contribution in [0.4, 0.5) is 0 Å². The van der Waals surface area contributed by atoms with E-state index in [-0.39, 0.29) is 11.4 Å². The Morgan fingerprint density at radius 3 is 2.56 bits per heavy atom. The summed E-state index contributed by atoms with van der Waals surface area (Å²) < 4.78 is 1.98. The summed E-state index contributed by atoms with van der Waals surface area (Å²) in [4.78, 5) is 17.4. The van der Waals surface area contributed by atoms with Crippen LogP contribution in [0, 0.1) is 0 Å². The maximum absolute atomic E-state index is 12.8. The Kier molecular flexibility index (Phi) is 4.15. The predicted molar refractivity (Wildman–Crippen MR) is 97.3 cm³/mol. The maximum atomic E-state index is 12.8. The van der Waals surface area contributed by atoms with Gasteiger partial charge in [-0.2, -0.15) is 5.10 Å². The number of hydrogen-bond acceptors (Lipinski definition) is 3. The maximum Gasteiger partial charge on any atom is 0.271 e. The van der Waals surface area contributed by atoms with E-state index < -0.39 is 0 Å². The van der Waals surface area contributed by atoms with Gasteiger partial charge in [-0.15, -0.1) is 0 Å². The molecule has 1 N–H and O–H groups in total. The van der Waals surface area contributed by atoms with E-state index in [0.717, 1.165) is 37.2 Å². The minimum Gasteiger partial charge on any atom is -0.357 e. The lowest BCUT2D eigenvalue weighted by molar-refractivity contribution is 0.0402. The van der Waals surface area contributed by atoms with E-state index in [1.54, 1.807) is 0 Å². The Balaban J connectivity index is 1.41. The molecule has 1 amide bonds. The Labute approximate surface area is 148 Å². The highest BCUT2D eigenvalue weighted by atomic mass is 16.2. The number of amides is 1. The van der Waals surface area contributed by atoms with Gasteiger partial charge in [-0.25, -0.2) is 0 Å². The van der Waals surface area contributed by atoms with Crippen LogP contribution in [0.2, 0.25) is 0 Å². The number of piperidine rings is 1. The number of H-pyrrole nitrogens is 1. The molecule has 0 atom stereocenters. The Bertz CT molecular complexity index is 747. The van der Waals surface area contributed by atoms with E-state index in [4.69, 9.17) is 0 Å². The molecule has 0 unspecified atom stereocenters. The van der Waals surface area contributed by atoms with Crippen LogP contribution in [0.3, 0.4) is 0 Å². The van der Waals surface area contributed by atoms with Gasteiger partial charge in [0.25, 0.3) is 5.91 Å². The van der Waals surface area contributed by atoms with E-state index in [0.29, 0.717) is 5.69 Å². The third-order valence-electron chi connectivity index (χ3n) is 5.93. The molecule has 134 valence electrons. The quantitative estimate of drug-likeness (QED) is 0.933. The molecule has 2 aliphatic rings. The molecule has 2 fully saturated rings. The molecule has 0 saturated carbocycles. The smallest absolute Gasteiger partial charge is 0.271 e. The van der Waals surface area contributed by atoms with E-state index in [1.807, 2.05) is 41.0 Å². The van der Waals surface area contributed by atoms with Gasteiger partial charge in [-0.05, 0) is 57.8 Å². The second kappa shape index (κ2) is 6.33. The topological polar surface area (TPSA) is 57.2 Å². The number of rotatable bonds is 3. The lowest BCUT2D eigenvalue weighted by Gasteiger charge is -2.45. The summed E-state index contributed by atoms with van der Waals surface area (Å²) in [5.74, 6) is 0.0677. The van der Waals surface area contributed by atoms with E-state index in [2.05, 4.69) is 22.0 Å². The zero-order valence-electron chi connectivity index (χ0n) is 15.2. The Hall–Kier alpha value is -2.08. The number of carbonyl (C=O) groups is 1. The van der Waals surface area contributed by atoms with Crippen molar-refractivity contribution in [2.75, 3.05) is 26.2 Å². The molecule has 0 bridgehead atoms. The summed E-state index contributed by atoms with van der Waals surface area (Å²) in [5, 5.41) is 7.24. The number of likely N-dealkylation sites (tertiary alicyclic amines) is 2. The number of aryl methyl sites for hydroxylation is 1. The van der Waals surface area contributed by atoms with Crippen LogP contribution in [-0.2, 0) is 7.05 Å². The standard InChI is InChI=1S/C19H27N5O/c1-19(24-8-3-4-9-24)6-11-23(12-7-19)18(25)17-13-16(20-21-17)15-5-10-22(2)14-15/h5,10,13-14H,3-4,6-9,11-12H2,1-2H3,(H,20,21). The van der Waals surface area contributed by atoms with Crippen LogP contribution in [0.1, 0.15) is 43.1 Å². The Morgan fingerprint density at radius 1 is 1.20 bits per heavy atom. The van der Waals surface area contributed by atoms with Gasteiger partial charge >= 0.3 is 0 Å². The van der Waals surface area contributed by atoms with E-state index in [9.17, 15) is 4.79 Å². The van der Waals surface area contributed by atoms with Gasteiger partial charge in [-0.1, -0.05) is 0 Å². The molecule has 25 heavy (non-hydrogen) atoms. The Morgan fingerprint density at radius 2 is 1.92 bits per heavy atom. The third kappa shape index (κ3) is 3.11. The molecular weight excluding hydrogens is 314 g/mol. The van der Waals surface area contributed by atoms with Crippen molar-refractivity contribution in [3.8, 4) is 11.3 Å². The number of nitrogens with one attached hydrogen (secondary N) is 1. The van der Waals surface area contributed by atoms with Crippen molar-refractivity contribution in [2.45, 2.75) is 38.1 Å². The number of nitrogens with zero attached hydrogens (tertiary/aromatic N) is 4. The molecule has 6 nitrogen and oxygen atoms in total. The average Bonchev–Trinajstić information content (AvgIpc) is 3.36. The van der Waals surface area contributed by atoms with Crippen LogP contribution in [0.5, 0.6) is 0 Å². The fourth-order valence-electron chi connectivity index (χ4n) is 4.17. The number of aromatic nitrogens is 3. The lowest BCUT2D eigenvalue weighted by Crippen LogP contribution is -2.53. The molecule has 0 aliphatic carbocycles. The van der Waals surface area contributed by atoms with Crippen LogP contribution in [0.15, 0.2) is 24.5 Å². The van der Waals surface area contributed by atoms with Gasteiger partial charge in [0.05, 0.1) is 5.69 Å². The number of hydrogen-bond donors (Lipinski definition) is 1. The zero-order valence-corrected chi connectivity index (χ0v) is 15.2. The van der Waals surface area contributed by atoms with Gasteiger partial charge in [0.1, 0.15) is 5.69 Å². The molecule has 6 heteroatoms. The van der Waals surface area contributed by atoms with Crippen molar-refractivity contribution < 1.29 is 4.79 Å². The molecule has 2 aliphatic heterocycles. The first-order chi connectivity index (χ1) is 12.0. The van der Waals surface area contributed by atoms with Crippen molar-refractivity contribution in [3.63, 3.8) is 0 Å². The largest absolute Gasteiger partial charge is 0.357 e. The van der Waals surface area contributed by atoms with Crippen LogP contribution < -0.4 is 0 Å². The summed E-state index contributed by atoms with van der Waals surface area (Å²) in [6, 6.07) is 3.87. The minimum atomic E-state index is 0.0677. The average molecular weight is 341 g/mol. The molecule has 4 rings (SSSR count). The highest BCUT2D eigenvalue weighted by molar-refractivity contribution is 5.93. The molecule has 2 saturated heterocycles. The van der Waals surface area contributed by atoms with Crippen molar-refractivity contribution >= 4 is 5.91 Å². The minimum absolute atomic E-state index is 0.0677.